The van der Waals surface area contributed by atoms with Crippen molar-refractivity contribution in [3.63, 3.8) is 0 Å². The van der Waals surface area contributed by atoms with Crippen LogP contribution in [0.15, 0.2) is 23.2 Å². The van der Waals surface area contributed by atoms with Crippen molar-refractivity contribution in [1.29, 1.82) is 0 Å². The highest BCUT2D eigenvalue weighted by atomic mass is 31.1. The van der Waals surface area contributed by atoms with Crippen LogP contribution in [0.5, 0.6) is 11.5 Å². The lowest BCUT2D eigenvalue weighted by Gasteiger charge is -2.39. The molecule has 144 valence electrons. The Labute approximate surface area is 159 Å². The molecular formula is C21H32NO3P. The number of methoxy groups -OCH3 is 1. The second-order valence-corrected chi connectivity index (χ2v) is 12.1. The number of nitrogens with zero attached hydrogens (tertiary/aromatic N) is 1. The summed E-state index contributed by atoms with van der Waals surface area (Å²) in [6, 6.07) is 6.34. The van der Waals surface area contributed by atoms with Crippen molar-refractivity contribution in [2.75, 3.05) is 13.7 Å². The van der Waals surface area contributed by atoms with E-state index in [1.54, 1.807) is 7.11 Å². The molecule has 0 saturated heterocycles. The van der Waals surface area contributed by atoms with Crippen molar-refractivity contribution >= 4 is 19.1 Å². The highest BCUT2D eigenvalue weighted by Gasteiger charge is 2.53. The smallest absolute Gasteiger partial charge is 0.193 e. The molecule has 3 rings (SSSR count). The van der Waals surface area contributed by atoms with Gasteiger partial charge in [-0.1, -0.05) is 40.7 Å². The number of fused-ring (bicyclic) bond motifs is 1. The number of aliphatic imine (C=N–C) groups is 1. The molecule has 0 bridgehead atoms. The molecule has 2 aliphatic rings. The third kappa shape index (κ3) is 3.22. The molecule has 5 heteroatoms. The second kappa shape index (κ2) is 6.71. The van der Waals surface area contributed by atoms with E-state index in [-0.39, 0.29) is 22.5 Å². The van der Waals surface area contributed by atoms with Gasteiger partial charge < -0.3 is 14.2 Å². The Balaban J connectivity index is 2.03. The first kappa shape index (κ1) is 19.5. The predicted molar refractivity (Wildman–Crippen MR) is 110 cm³/mol. The maximum absolute atomic E-state index is 6.55. The molecule has 2 aliphatic heterocycles. The standard InChI is InChI=1S/C21H32NO3P/c1-13(2)14-12-24-18(22-14)21(6,7)19-25-16-11-9-10-15(23-8)17(16)26(19)20(3,4)5/h9-11,13-14,19H,12H2,1-8H3/t14?,19-,26+/m1/s1. The lowest BCUT2D eigenvalue weighted by atomic mass is 9.94. The molecule has 0 fully saturated rings. The van der Waals surface area contributed by atoms with Crippen LogP contribution in [0.4, 0.5) is 0 Å². The van der Waals surface area contributed by atoms with Gasteiger partial charge >= 0.3 is 0 Å². The van der Waals surface area contributed by atoms with Crippen LogP contribution in [0.25, 0.3) is 0 Å². The van der Waals surface area contributed by atoms with E-state index in [2.05, 4.69) is 54.5 Å². The highest BCUT2D eigenvalue weighted by Crippen LogP contribution is 2.64. The SMILES string of the molecule is COc1cccc2c1[P@](C(C)(C)C)[C@H](C(C)(C)C1=NC(C(C)C)CO1)O2. The maximum Gasteiger partial charge on any atom is 0.193 e. The highest BCUT2D eigenvalue weighted by molar-refractivity contribution is 7.68. The van der Waals surface area contributed by atoms with Crippen LogP contribution >= 0.6 is 7.92 Å². The summed E-state index contributed by atoms with van der Waals surface area (Å²) in [5, 5.41) is 1.31. The van der Waals surface area contributed by atoms with Gasteiger partial charge in [0, 0.05) is 0 Å². The summed E-state index contributed by atoms with van der Waals surface area (Å²) >= 11 is 0. The molecule has 2 heterocycles. The zero-order valence-electron chi connectivity index (χ0n) is 17.3. The monoisotopic (exact) mass is 377 g/mol. The van der Waals surface area contributed by atoms with Crippen LogP contribution in [-0.4, -0.2) is 36.7 Å². The lowest BCUT2D eigenvalue weighted by molar-refractivity contribution is 0.172. The molecule has 0 N–H and O–H groups in total. The second-order valence-electron chi connectivity index (χ2n) is 9.10. The van der Waals surface area contributed by atoms with Crippen LogP contribution in [0.2, 0.25) is 0 Å². The van der Waals surface area contributed by atoms with E-state index < -0.39 is 7.92 Å². The molecule has 0 aliphatic carbocycles. The summed E-state index contributed by atoms with van der Waals surface area (Å²) in [5.41, 5.74) is -0.299. The Morgan fingerprint density at radius 3 is 2.42 bits per heavy atom. The fourth-order valence-electron chi connectivity index (χ4n) is 3.64. The summed E-state index contributed by atoms with van der Waals surface area (Å²) in [6.07, 6.45) is 0. The van der Waals surface area contributed by atoms with Gasteiger partial charge in [0.1, 0.15) is 24.0 Å². The van der Waals surface area contributed by atoms with Crippen LogP contribution in [0, 0.1) is 11.3 Å². The summed E-state index contributed by atoms with van der Waals surface area (Å²) in [7, 11) is 1.10. The summed E-state index contributed by atoms with van der Waals surface area (Å²) < 4.78 is 18.3. The molecule has 26 heavy (non-hydrogen) atoms. The van der Waals surface area contributed by atoms with E-state index in [0.29, 0.717) is 12.5 Å². The molecule has 1 aromatic rings. The molecule has 0 amide bonds. The lowest BCUT2D eigenvalue weighted by Crippen LogP contribution is -2.41. The predicted octanol–water partition coefficient (Wildman–Crippen LogP) is 4.80. The molecule has 1 aromatic carbocycles. The van der Waals surface area contributed by atoms with Gasteiger partial charge in [-0.25, -0.2) is 4.99 Å². The molecular weight excluding hydrogens is 345 g/mol. The summed E-state index contributed by atoms with van der Waals surface area (Å²) in [4.78, 5) is 4.92. The van der Waals surface area contributed by atoms with Crippen LogP contribution in [0.1, 0.15) is 48.5 Å². The van der Waals surface area contributed by atoms with Crippen molar-refractivity contribution in [2.24, 2.45) is 16.3 Å². The van der Waals surface area contributed by atoms with Gasteiger partial charge in [0.05, 0.1) is 23.9 Å². The van der Waals surface area contributed by atoms with Crippen molar-refractivity contribution in [3.05, 3.63) is 18.2 Å². The van der Waals surface area contributed by atoms with E-state index >= 15 is 0 Å². The quantitative estimate of drug-likeness (QED) is 0.708. The average Bonchev–Trinajstić information content (AvgIpc) is 3.19. The van der Waals surface area contributed by atoms with E-state index in [1.165, 1.54) is 5.30 Å². The minimum atomic E-state index is -0.634. The van der Waals surface area contributed by atoms with Crippen molar-refractivity contribution in [2.45, 2.75) is 65.5 Å². The molecule has 4 nitrogen and oxygen atoms in total. The van der Waals surface area contributed by atoms with Gasteiger partial charge in [-0.2, -0.15) is 0 Å². The average molecular weight is 377 g/mol. The van der Waals surface area contributed by atoms with Crippen LogP contribution < -0.4 is 14.8 Å². The minimum absolute atomic E-state index is 0.00784. The van der Waals surface area contributed by atoms with Crippen molar-refractivity contribution in [1.82, 2.24) is 0 Å². The Morgan fingerprint density at radius 1 is 1.19 bits per heavy atom. The fourth-order valence-corrected chi connectivity index (χ4v) is 6.99. The number of ether oxygens (including phenoxy) is 3. The zero-order valence-corrected chi connectivity index (χ0v) is 18.2. The summed E-state index contributed by atoms with van der Waals surface area (Å²) in [5.74, 6) is 3.20. The topological polar surface area (TPSA) is 40.0 Å². The number of rotatable bonds is 4. The van der Waals surface area contributed by atoms with Crippen molar-refractivity contribution in [3.8, 4) is 11.5 Å². The van der Waals surface area contributed by atoms with Gasteiger partial charge in [0.2, 0.25) is 0 Å². The zero-order chi connectivity index (χ0) is 19.3. The normalized spacial score (nSPS) is 25.6. The number of hydrogen-bond acceptors (Lipinski definition) is 4. The van der Waals surface area contributed by atoms with Crippen LogP contribution in [-0.2, 0) is 4.74 Å². The maximum atomic E-state index is 6.55. The number of benzene rings is 1. The van der Waals surface area contributed by atoms with Gasteiger partial charge in [0.15, 0.2) is 5.90 Å². The Bertz CT molecular complexity index is 706. The van der Waals surface area contributed by atoms with Gasteiger partial charge in [0.25, 0.3) is 0 Å². The van der Waals surface area contributed by atoms with E-state index in [0.717, 1.165) is 17.4 Å². The van der Waals surface area contributed by atoms with Crippen molar-refractivity contribution < 1.29 is 14.2 Å². The molecule has 0 saturated carbocycles. The summed E-state index contributed by atoms with van der Waals surface area (Å²) in [6.45, 7) is 16.4. The first-order valence-corrected chi connectivity index (χ1v) is 10.8. The third-order valence-corrected chi connectivity index (χ3v) is 8.82. The Hall–Kier alpha value is -1.28. The molecule has 0 spiro atoms. The van der Waals surface area contributed by atoms with E-state index in [1.807, 2.05) is 12.1 Å². The fraction of sp³-hybridized carbons (Fsp3) is 0.667. The molecule has 0 aromatic heterocycles. The van der Waals surface area contributed by atoms with Gasteiger partial charge in [-0.15, -0.1) is 0 Å². The largest absolute Gasteiger partial charge is 0.496 e. The Morgan fingerprint density at radius 2 is 1.88 bits per heavy atom. The van der Waals surface area contributed by atoms with Crippen LogP contribution in [0.3, 0.4) is 0 Å². The minimum Gasteiger partial charge on any atom is -0.496 e. The number of hydrogen-bond donors (Lipinski definition) is 0. The first-order valence-electron chi connectivity index (χ1n) is 9.41. The van der Waals surface area contributed by atoms with E-state index in [9.17, 15) is 0 Å². The Kier molecular flexibility index (Phi) is 5.03. The van der Waals surface area contributed by atoms with Gasteiger partial charge in [-0.3, -0.25) is 0 Å². The first-order chi connectivity index (χ1) is 12.1. The third-order valence-electron chi connectivity index (χ3n) is 5.23. The molecule has 3 atom stereocenters. The van der Waals surface area contributed by atoms with Gasteiger partial charge in [-0.05, 0) is 45.0 Å². The molecule has 0 radical (unpaired) electrons. The molecule has 1 unspecified atom stereocenters. The van der Waals surface area contributed by atoms with E-state index in [4.69, 9.17) is 19.2 Å².